The fraction of sp³-hybridized carbons (Fsp3) is 0.421. The minimum atomic E-state index is -0.435. The van der Waals surface area contributed by atoms with Gasteiger partial charge < -0.3 is 15.0 Å². The van der Waals surface area contributed by atoms with Crippen LogP contribution in [0.1, 0.15) is 30.5 Å². The molecule has 6 heteroatoms. The lowest BCUT2D eigenvalue weighted by Gasteiger charge is -2.25. The Labute approximate surface area is 147 Å². The summed E-state index contributed by atoms with van der Waals surface area (Å²) in [5, 5.41) is 2.94. The molecule has 0 bridgehead atoms. The lowest BCUT2D eigenvalue weighted by Crippen LogP contribution is -2.40. The van der Waals surface area contributed by atoms with Gasteiger partial charge in [-0.25, -0.2) is 9.97 Å². The highest BCUT2D eigenvalue weighted by Gasteiger charge is 2.25. The molecule has 1 amide bonds. The topological polar surface area (TPSA) is 67.4 Å². The molecule has 3 heterocycles. The number of hydrogen-bond acceptors (Lipinski definition) is 5. The van der Waals surface area contributed by atoms with E-state index in [4.69, 9.17) is 4.74 Å². The summed E-state index contributed by atoms with van der Waals surface area (Å²) in [4.78, 5) is 23.5. The number of ether oxygens (including phenoxy) is 1. The van der Waals surface area contributed by atoms with Gasteiger partial charge in [-0.05, 0) is 43.4 Å². The van der Waals surface area contributed by atoms with E-state index in [0.717, 1.165) is 42.5 Å². The zero-order chi connectivity index (χ0) is 17.1. The van der Waals surface area contributed by atoms with E-state index in [2.05, 4.69) is 20.2 Å². The summed E-state index contributed by atoms with van der Waals surface area (Å²) in [7, 11) is 0. The molecule has 1 aromatic carbocycles. The highest BCUT2D eigenvalue weighted by molar-refractivity contribution is 5.81. The van der Waals surface area contributed by atoms with Gasteiger partial charge in [-0.3, -0.25) is 4.79 Å². The van der Waals surface area contributed by atoms with Crippen molar-refractivity contribution in [2.45, 2.75) is 38.3 Å². The van der Waals surface area contributed by atoms with Crippen LogP contribution in [0.4, 0.5) is 5.95 Å². The van der Waals surface area contributed by atoms with Crippen LogP contribution in [0, 0.1) is 0 Å². The van der Waals surface area contributed by atoms with Gasteiger partial charge in [-0.15, -0.1) is 0 Å². The number of carbonyl (C=O) groups excluding carboxylic acids is 1. The van der Waals surface area contributed by atoms with E-state index in [-0.39, 0.29) is 5.91 Å². The van der Waals surface area contributed by atoms with Crippen molar-refractivity contribution in [1.29, 1.82) is 0 Å². The predicted molar refractivity (Wildman–Crippen MR) is 94.5 cm³/mol. The van der Waals surface area contributed by atoms with Crippen LogP contribution < -0.4 is 15.0 Å². The van der Waals surface area contributed by atoms with Gasteiger partial charge >= 0.3 is 0 Å². The predicted octanol–water partition coefficient (Wildman–Crippen LogP) is 2.09. The largest absolute Gasteiger partial charge is 0.480 e. The number of aryl methyl sites for hydroxylation is 1. The van der Waals surface area contributed by atoms with Crippen LogP contribution in [0.15, 0.2) is 36.5 Å². The Balaban J connectivity index is 1.35. The lowest BCUT2D eigenvalue weighted by molar-refractivity contribution is -0.128. The highest BCUT2D eigenvalue weighted by Crippen LogP contribution is 2.27. The minimum absolute atomic E-state index is 0.0872. The number of hydrogen-bond donors (Lipinski definition) is 1. The monoisotopic (exact) mass is 338 g/mol. The maximum atomic E-state index is 12.4. The molecule has 2 aliphatic heterocycles. The fourth-order valence-electron chi connectivity index (χ4n) is 3.35. The Kier molecular flexibility index (Phi) is 4.50. The second-order valence-electron chi connectivity index (χ2n) is 6.51. The van der Waals surface area contributed by atoms with Crippen LogP contribution in [0.2, 0.25) is 0 Å². The van der Waals surface area contributed by atoms with Crippen molar-refractivity contribution in [2.75, 3.05) is 18.0 Å². The van der Waals surface area contributed by atoms with Crippen LogP contribution in [0.3, 0.4) is 0 Å². The maximum Gasteiger partial charge on any atom is 0.261 e. The molecule has 0 saturated carbocycles. The SMILES string of the molecule is O=C(NCc1ccnc(N2CCCC2)n1)C1CCc2ccccc2O1. The number of anilines is 1. The maximum absolute atomic E-state index is 12.4. The summed E-state index contributed by atoms with van der Waals surface area (Å²) < 4.78 is 5.83. The molecule has 1 N–H and O–H groups in total. The van der Waals surface area contributed by atoms with Gasteiger partial charge in [0.2, 0.25) is 5.95 Å². The molecule has 6 nitrogen and oxygen atoms in total. The Morgan fingerprint density at radius 1 is 1.24 bits per heavy atom. The van der Waals surface area contributed by atoms with Crippen LogP contribution >= 0.6 is 0 Å². The van der Waals surface area contributed by atoms with Crippen LogP contribution in [-0.2, 0) is 17.8 Å². The molecule has 1 aromatic heterocycles. The van der Waals surface area contributed by atoms with Crippen molar-refractivity contribution in [3.63, 3.8) is 0 Å². The smallest absolute Gasteiger partial charge is 0.261 e. The van der Waals surface area contributed by atoms with E-state index in [1.165, 1.54) is 12.8 Å². The molecule has 2 aromatic rings. The number of amides is 1. The first-order valence-electron chi connectivity index (χ1n) is 8.89. The molecule has 4 rings (SSSR count). The third-order valence-corrected chi connectivity index (χ3v) is 4.74. The highest BCUT2D eigenvalue weighted by atomic mass is 16.5. The average Bonchev–Trinajstić information content (AvgIpc) is 3.21. The first-order valence-corrected chi connectivity index (χ1v) is 8.89. The van der Waals surface area contributed by atoms with E-state index in [1.807, 2.05) is 30.3 Å². The number of fused-ring (bicyclic) bond motifs is 1. The summed E-state index contributed by atoms with van der Waals surface area (Å²) in [5.41, 5.74) is 1.99. The number of carbonyl (C=O) groups is 1. The zero-order valence-electron chi connectivity index (χ0n) is 14.1. The molecule has 2 aliphatic rings. The fourth-order valence-corrected chi connectivity index (χ4v) is 3.35. The minimum Gasteiger partial charge on any atom is -0.480 e. The molecule has 1 saturated heterocycles. The van der Waals surface area contributed by atoms with Crippen molar-refractivity contribution in [3.8, 4) is 5.75 Å². The van der Waals surface area contributed by atoms with Crippen molar-refractivity contribution < 1.29 is 9.53 Å². The first kappa shape index (κ1) is 15.9. The first-order chi connectivity index (χ1) is 12.3. The molecular formula is C19H22N4O2. The Morgan fingerprint density at radius 3 is 2.96 bits per heavy atom. The van der Waals surface area contributed by atoms with Gasteiger partial charge in [0.05, 0.1) is 12.2 Å². The molecule has 1 unspecified atom stereocenters. The number of aromatic nitrogens is 2. The molecule has 0 aliphatic carbocycles. The second-order valence-corrected chi connectivity index (χ2v) is 6.51. The standard InChI is InChI=1S/C19H22N4O2/c24-18(17-8-7-14-5-1-2-6-16(14)25-17)21-13-15-9-10-20-19(22-15)23-11-3-4-12-23/h1-2,5-6,9-10,17H,3-4,7-8,11-13H2,(H,21,24). The van der Waals surface area contributed by atoms with Crippen LogP contribution in [0.25, 0.3) is 0 Å². The second kappa shape index (κ2) is 7.09. The molecule has 0 spiro atoms. The van der Waals surface area contributed by atoms with Gasteiger partial charge in [-0.2, -0.15) is 0 Å². The van der Waals surface area contributed by atoms with Crippen molar-refractivity contribution in [2.24, 2.45) is 0 Å². The number of nitrogens with one attached hydrogen (secondary N) is 1. The van der Waals surface area contributed by atoms with Gasteiger partial charge in [0.25, 0.3) is 5.91 Å². The Bertz CT molecular complexity index is 759. The molecular weight excluding hydrogens is 316 g/mol. The van der Waals surface area contributed by atoms with Crippen molar-refractivity contribution in [3.05, 3.63) is 47.8 Å². The van der Waals surface area contributed by atoms with Gasteiger partial charge in [0.15, 0.2) is 6.10 Å². The van der Waals surface area contributed by atoms with E-state index in [1.54, 1.807) is 6.20 Å². The normalized spacial score (nSPS) is 19.2. The molecule has 25 heavy (non-hydrogen) atoms. The third kappa shape index (κ3) is 3.57. The zero-order valence-corrected chi connectivity index (χ0v) is 14.1. The van der Waals surface area contributed by atoms with E-state index >= 15 is 0 Å². The van der Waals surface area contributed by atoms with E-state index in [0.29, 0.717) is 13.0 Å². The number of rotatable bonds is 4. The molecule has 1 atom stereocenters. The summed E-state index contributed by atoms with van der Waals surface area (Å²) in [6, 6.07) is 9.73. The van der Waals surface area contributed by atoms with E-state index < -0.39 is 6.10 Å². The summed E-state index contributed by atoms with van der Waals surface area (Å²) >= 11 is 0. The number of para-hydroxylation sites is 1. The summed E-state index contributed by atoms with van der Waals surface area (Å²) in [5.74, 6) is 1.48. The summed E-state index contributed by atoms with van der Waals surface area (Å²) in [6.45, 7) is 2.40. The number of benzene rings is 1. The van der Waals surface area contributed by atoms with Crippen molar-refractivity contribution in [1.82, 2.24) is 15.3 Å². The Hall–Kier alpha value is -2.63. The van der Waals surface area contributed by atoms with E-state index in [9.17, 15) is 4.79 Å². The van der Waals surface area contributed by atoms with Crippen LogP contribution in [-0.4, -0.2) is 35.1 Å². The van der Waals surface area contributed by atoms with Gasteiger partial charge in [-0.1, -0.05) is 18.2 Å². The van der Waals surface area contributed by atoms with Crippen LogP contribution in [0.5, 0.6) is 5.75 Å². The third-order valence-electron chi connectivity index (χ3n) is 4.74. The van der Waals surface area contributed by atoms with Gasteiger partial charge in [0, 0.05) is 19.3 Å². The van der Waals surface area contributed by atoms with Gasteiger partial charge in [0.1, 0.15) is 5.75 Å². The Morgan fingerprint density at radius 2 is 2.08 bits per heavy atom. The summed E-state index contributed by atoms with van der Waals surface area (Å²) in [6.07, 6.45) is 5.26. The molecule has 0 radical (unpaired) electrons. The number of nitrogens with zero attached hydrogens (tertiary/aromatic N) is 3. The quantitative estimate of drug-likeness (QED) is 0.924. The van der Waals surface area contributed by atoms with Crippen molar-refractivity contribution >= 4 is 11.9 Å². The lowest BCUT2D eigenvalue weighted by atomic mass is 10.0. The average molecular weight is 338 g/mol. The molecule has 1 fully saturated rings. The molecule has 130 valence electrons.